The summed E-state index contributed by atoms with van der Waals surface area (Å²) >= 11 is 0. The molecule has 1 aliphatic rings. The number of rotatable bonds is 1. The van der Waals surface area contributed by atoms with Crippen molar-refractivity contribution >= 4 is 5.91 Å². The van der Waals surface area contributed by atoms with Crippen LogP contribution in [-0.2, 0) is 13.0 Å². The number of hydrogen-bond acceptors (Lipinski definition) is 3. The van der Waals surface area contributed by atoms with Gasteiger partial charge in [0, 0.05) is 13.1 Å². The molecule has 0 fully saturated rings. The van der Waals surface area contributed by atoms with Gasteiger partial charge >= 0.3 is 0 Å². The lowest BCUT2D eigenvalue weighted by molar-refractivity contribution is 0.0728. The highest BCUT2D eigenvalue weighted by Crippen LogP contribution is 2.19. The first-order valence-corrected chi connectivity index (χ1v) is 5.59. The molecule has 1 aliphatic heterocycles. The molecule has 0 bridgehead atoms. The van der Waals surface area contributed by atoms with Gasteiger partial charge in [0.15, 0.2) is 12.1 Å². The van der Waals surface area contributed by atoms with E-state index in [9.17, 15) is 4.79 Å². The largest absolute Gasteiger partial charge is 0.451 e. The van der Waals surface area contributed by atoms with Crippen LogP contribution in [0.2, 0.25) is 0 Å². The van der Waals surface area contributed by atoms with E-state index in [2.05, 4.69) is 17.1 Å². The predicted molar refractivity (Wildman–Crippen MR) is 61.4 cm³/mol. The fourth-order valence-corrected chi connectivity index (χ4v) is 2.15. The molecule has 2 aromatic rings. The summed E-state index contributed by atoms with van der Waals surface area (Å²) in [6, 6.07) is 8.22. The minimum atomic E-state index is -0.0618. The Bertz CT molecular complexity index is 534. The highest BCUT2D eigenvalue weighted by atomic mass is 16.3. The van der Waals surface area contributed by atoms with Crippen LogP contribution < -0.4 is 0 Å². The van der Waals surface area contributed by atoms with Gasteiger partial charge in [0.25, 0.3) is 5.91 Å². The Kier molecular flexibility index (Phi) is 2.40. The van der Waals surface area contributed by atoms with Crippen LogP contribution in [0, 0.1) is 0 Å². The van der Waals surface area contributed by atoms with Crippen molar-refractivity contribution in [2.75, 3.05) is 6.54 Å². The van der Waals surface area contributed by atoms with Gasteiger partial charge in [-0.1, -0.05) is 24.3 Å². The van der Waals surface area contributed by atoms with E-state index in [4.69, 9.17) is 4.42 Å². The maximum atomic E-state index is 12.1. The molecule has 0 saturated carbocycles. The van der Waals surface area contributed by atoms with Crippen molar-refractivity contribution in [2.24, 2.45) is 0 Å². The molecule has 0 spiro atoms. The quantitative estimate of drug-likeness (QED) is 0.748. The van der Waals surface area contributed by atoms with Crippen LogP contribution in [-0.4, -0.2) is 22.3 Å². The van der Waals surface area contributed by atoms with Gasteiger partial charge in [0.1, 0.15) is 6.26 Å². The van der Waals surface area contributed by atoms with Gasteiger partial charge < -0.3 is 9.32 Å². The molecular weight excluding hydrogens is 216 g/mol. The molecule has 1 amide bonds. The van der Waals surface area contributed by atoms with E-state index in [0.29, 0.717) is 12.2 Å². The molecule has 0 unspecified atom stereocenters. The standard InChI is InChI=1S/C13H12N2O2/c16-13(12-8-17-9-14-12)15-6-5-10-3-1-2-4-11(10)7-15/h1-4,8-9H,5-7H2. The van der Waals surface area contributed by atoms with E-state index in [1.165, 1.54) is 23.8 Å². The summed E-state index contributed by atoms with van der Waals surface area (Å²) in [7, 11) is 0. The van der Waals surface area contributed by atoms with Crippen LogP contribution in [0.4, 0.5) is 0 Å². The lowest BCUT2D eigenvalue weighted by atomic mass is 10.00. The van der Waals surface area contributed by atoms with E-state index < -0.39 is 0 Å². The molecule has 2 heterocycles. The fraction of sp³-hybridized carbons (Fsp3) is 0.231. The molecule has 0 aliphatic carbocycles. The van der Waals surface area contributed by atoms with Gasteiger partial charge in [0.05, 0.1) is 0 Å². The van der Waals surface area contributed by atoms with Crippen molar-refractivity contribution in [1.82, 2.24) is 9.88 Å². The zero-order valence-electron chi connectivity index (χ0n) is 9.30. The van der Waals surface area contributed by atoms with E-state index in [1.54, 1.807) is 4.90 Å². The minimum absolute atomic E-state index is 0.0618. The van der Waals surface area contributed by atoms with E-state index >= 15 is 0 Å². The molecule has 4 nitrogen and oxygen atoms in total. The van der Waals surface area contributed by atoms with Crippen LogP contribution in [0.3, 0.4) is 0 Å². The van der Waals surface area contributed by atoms with Gasteiger partial charge in [0.2, 0.25) is 0 Å². The summed E-state index contributed by atoms with van der Waals surface area (Å²) < 4.78 is 4.84. The fourth-order valence-electron chi connectivity index (χ4n) is 2.15. The summed E-state index contributed by atoms with van der Waals surface area (Å²) in [6.07, 6.45) is 3.58. The number of benzene rings is 1. The maximum Gasteiger partial charge on any atom is 0.276 e. The maximum absolute atomic E-state index is 12.1. The Morgan fingerprint density at radius 1 is 1.29 bits per heavy atom. The Labute approximate surface area is 98.9 Å². The number of fused-ring (bicyclic) bond motifs is 1. The topological polar surface area (TPSA) is 46.3 Å². The molecule has 17 heavy (non-hydrogen) atoms. The Morgan fingerprint density at radius 2 is 2.12 bits per heavy atom. The van der Waals surface area contributed by atoms with Gasteiger partial charge in [-0.3, -0.25) is 4.79 Å². The number of aromatic nitrogens is 1. The van der Waals surface area contributed by atoms with Crippen molar-refractivity contribution in [3.63, 3.8) is 0 Å². The van der Waals surface area contributed by atoms with Crippen LogP contribution in [0.1, 0.15) is 21.6 Å². The summed E-state index contributed by atoms with van der Waals surface area (Å²) in [5.41, 5.74) is 2.93. The highest BCUT2D eigenvalue weighted by Gasteiger charge is 2.22. The highest BCUT2D eigenvalue weighted by molar-refractivity contribution is 5.92. The number of amides is 1. The van der Waals surface area contributed by atoms with Gasteiger partial charge in [-0.05, 0) is 17.5 Å². The minimum Gasteiger partial charge on any atom is -0.451 e. The lowest BCUT2D eigenvalue weighted by Crippen LogP contribution is -2.36. The molecule has 4 heteroatoms. The first-order chi connectivity index (χ1) is 8.34. The molecule has 86 valence electrons. The number of nitrogens with zero attached hydrogens (tertiary/aromatic N) is 2. The number of carbonyl (C=O) groups is 1. The molecule has 0 radical (unpaired) electrons. The van der Waals surface area contributed by atoms with Crippen molar-refractivity contribution in [2.45, 2.75) is 13.0 Å². The predicted octanol–water partition coefficient (Wildman–Crippen LogP) is 1.87. The molecule has 3 rings (SSSR count). The van der Waals surface area contributed by atoms with Crippen molar-refractivity contribution in [3.8, 4) is 0 Å². The second kappa shape index (κ2) is 4.05. The van der Waals surface area contributed by atoms with Crippen LogP contribution in [0.15, 0.2) is 41.3 Å². The molecule has 1 aromatic heterocycles. The van der Waals surface area contributed by atoms with Gasteiger partial charge in [-0.2, -0.15) is 0 Å². The Balaban J connectivity index is 1.83. The zero-order valence-corrected chi connectivity index (χ0v) is 9.30. The second-order valence-electron chi connectivity index (χ2n) is 4.12. The molecule has 0 atom stereocenters. The van der Waals surface area contributed by atoms with Crippen LogP contribution in [0.25, 0.3) is 0 Å². The SMILES string of the molecule is O=C(c1cocn1)N1CCc2ccccc2C1. The molecule has 0 saturated heterocycles. The van der Waals surface area contributed by atoms with Gasteiger partial charge in [-0.25, -0.2) is 4.98 Å². The zero-order chi connectivity index (χ0) is 11.7. The number of hydrogen-bond donors (Lipinski definition) is 0. The number of oxazole rings is 1. The monoisotopic (exact) mass is 228 g/mol. The van der Waals surface area contributed by atoms with E-state index in [1.807, 2.05) is 12.1 Å². The molecule has 1 aromatic carbocycles. The van der Waals surface area contributed by atoms with Crippen molar-refractivity contribution < 1.29 is 9.21 Å². The summed E-state index contributed by atoms with van der Waals surface area (Å²) in [5.74, 6) is -0.0618. The third kappa shape index (κ3) is 1.82. The second-order valence-corrected chi connectivity index (χ2v) is 4.12. The average Bonchev–Trinajstić information content (AvgIpc) is 2.91. The smallest absolute Gasteiger partial charge is 0.276 e. The summed E-state index contributed by atoms with van der Waals surface area (Å²) in [5, 5.41) is 0. The molecule has 0 N–H and O–H groups in total. The van der Waals surface area contributed by atoms with Crippen LogP contribution >= 0.6 is 0 Å². The lowest BCUT2D eigenvalue weighted by Gasteiger charge is -2.28. The Hall–Kier alpha value is -2.10. The summed E-state index contributed by atoms with van der Waals surface area (Å²) in [4.78, 5) is 17.8. The van der Waals surface area contributed by atoms with Crippen molar-refractivity contribution in [3.05, 3.63) is 53.7 Å². The first-order valence-electron chi connectivity index (χ1n) is 5.59. The third-order valence-corrected chi connectivity index (χ3v) is 3.07. The van der Waals surface area contributed by atoms with E-state index in [0.717, 1.165) is 13.0 Å². The van der Waals surface area contributed by atoms with Crippen molar-refractivity contribution in [1.29, 1.82) is 0 Å². The Morgan fingerprint density at radius 3 is 2.88 bits per heavy atom. The van der Waals surface area contributed by atoms with Crippen LogP contribution in [0.5, 0.6) is 0 Å². The normalized spacial score (nSPS) is 14.5. The summed E-state index contributed by atoms with van der Waals surface area (Å²) in [6.45, 7) is 1.39. The third-order valence-electron chi connectivity index (χ3n) is 3.07. The number of carbonyl (C=O) groups excluding carboxylic acids is 1. The molecular formula is C13H12N2O2. The average molecular weight is 228 g/mol. The van der Waals surface area contributed by atoms with Gasteiger partial charge in [-0.15, -0.1) is 0 Å². The van der Waals surface area contributed by atoms with E-state index in [-0.39, 0.29) is 5.91 Å². The first kappa shape index (κ1) is 10.1.